The highest BCUT2D eigenvalue weighted by Crippen LogP contribution is 2.31. The van der Waals surface area contributed by atoms with Crippen molar-refractivity contribution in [1.82, 2.24) is 9.88 Å². The zero-order valence-corrected chi connectivity index (χ0v) is 17.3. The molecule has 0 bridgehead atoms. The third kappa shape index (κ3) is 3.36. The number of nitrogens with one attached hydrogen (secondary N) is 1. The van der Waals surface area contributed by atoms with E-state index in [4.69, 9.17) is 5.73 Å². The Morgan fingerprint density at radius 3 is 2.27 bits per heavy atom. The van der Waals surface area contributed by atoms with Crippen molar-refractivity contribution < 1.29 is 18.0 Å². The third-order valence-corrected chi connectivity index (χ3v) is 6.64. The molecule has 0 saturated carbocycles. The van der Waals surface area contributed by atoms with E-state index >= 15 is 0 Å². The molecule has 0 radical (unpaired) electrons. The zero-order chi connectivity index (χ0) is 21.6. The van der Waals surface area contributed by atoms with Crippen molar-refractivity contribution >= 4 is 33.2 Å². The number of pyridine rings is 1. The molecule has 3 N–H and O–H groups in total. The molecule has 2 aliphatic rings. The molecule has 1 saturated heterocycles. The number of carbonyl (C=O) groups excluding carboxylic acids is 2. The van der Waals surface area contributed by atoms with Crippen LogP contribution in [0.5, 0.6) is 0 Å². The van der Waals surface area contributed by atoms with Gasteiger partial charge in [-0.1, -0.05) is 12.8 Å². The Balaban J connectivity index is 1.92. The van der Waals surface area contributed by atoms with Crippen LogP contribution >= 0.6 is 0 Å². The van der Waals surface area contributed by atoms with Crippen molar-refractivity contribution in [2.24, 2.45) is 0 Å². The number of fused-ring (bicyclic) bond motifs is 1. The van der Waals surface area contributed by atoms with Crippen LogP contribution in [-0.4, -0.2) is 44.1 Å². The molecule has 30 heavy (non-hydrogen) atoms. The predicted octanol–water partition coefficient (Wildman–Crippen LogP) is 1.09. The monoisotopic (exact) mass is 430 g/mol. The van der Waals surface area contributed by atoms with Crippen molar-refractivity contribution in [2.75, 3.05) is 30.0 Å². The fraction of sp³-hybridized carbons (Fsp3) is 0.350. The van der Waals surface area contributed by atoms with Gasteiger partial charge in [0, 0.05) is 25.4 Å². The van der Waals surface area contributed by atoms with Gasteiger partial charge in [-0.3, -0.25) is 24.3 Å². The smallest absolute Gasteiger partial charge is 0.262 e. The van der Waals surface area contributed by atoms with E-state index in [1.54, 1.807) is 6.07 Å². The van der Waals surface area contributed by atoms with E-state index < -0.39 is 27.2 Å². The second kappa shape index (κ2) is 7.28. The summed E-state index contributed by atoms with van der Waals surface area (Å²) in [6, 6.07) is 5.62. The largest absolute Gasteiger partial charge is 0.384 e. The summed E-state index contributed by atoms with van der Waals surface area (Å²) in [7, 11) is -3.51. The van der Waals surface area contributed by atoms with Gasteiger partial charge in [-0.15, -0.1) is 0 Å². The summed E-state index contributed by atoms with van der Waals surface area (Å²) in [5.74, 6) is -1.49. The fourth-order valence-electron chi connectivity index (χ4n) is 4.06. The van der Waals surface area contributed by atoms with Crippen LogP contribution in [-0.2, 0) is 9.84 Å². The molecule has 0 aliphatic carbocycles. The van der Waals surface area contributed by atoms with Crippen LogP contribution in [0, 0.1) is 0 Å². The lowest BCUT2D eigenvalue weighted by Crippen LogP contribution is -2.27. The lowest BCUT2D eigenvalue weighted by atomic mass is 10.1. The average molecular weight is 430 g/mol. The minimum atomic E-state index is -3.51. The highest BCUT2D eigenvalue weighted by molar-refractivity contribution is 7.90. The van der Waals surface area contributed by atoms with Crippen LogP contribution in [0.25, 0.3) is 5.69 Å². The maximum absolute atomic E-state index is 12.7. The van der Waals surface area contributed by atoms with Crippen LogP contribution in [0.4, 0.5) is 11.5 Å². The minimum Gasteiger partial charge on any atom is -0.384 e. The molecule has 4 rings (SSSR count). The van der Waals surface area contributed by atoms with E-state index in [9.17, 15) is 22.8 Å². The molecule has 0 unspecified atom stereocenters. The van der Waals surface area contributed by atoms with E-state index in [1.807, 2.05) is 4.90 Å². The lowest BCUT2D eigenvalue weighted by molar-refractivity contribution is 0.0880. The minimum absolute atomic E-state index is 0.0527. The maximum Gasteiger partial charge on any atom is 0.262 e. The topological polar surface area (TPSA) is 132 Å². The SMILES string of the molecule is CS(=O)(=O)c1ccc(-n2c(N)c3c(cc2=O)C(=O)NC3=O)cc1N1CCCCCC1. The molecule has 10 heteroatoms. The first-order valence-electron chi connectivity index (χ1n) is 9.69. The molecule has 0 atom stereocenters. The number of nitrogens with two attached hydrogens (primary N) is 1. The van der Waals surface area contributed by atoms with Gasteiger partial charge in [-0.2, -0.15) is 0 Å². The number of hydrogen-bond acceptors (Lipinski definition) is 7. The Bertz CT molecular complexity index is 1220. The van der Waals surface area contributed by atoms with Crippen LogP contribution in [0.1, 0.15) is 46.4 Å². The van der Waals surface area contributed by atoms with Gasteiger partial charge in [0.2, 0.25) is 0 Å². The number of hydrogen-bond donors (Lipinski definition) is 2. The summed E-state index contributed by atoms with van der Waals surface area (Å²) in [5.41, 5.74) is 6.26. The molecular weight excluding hydrogens is 408 g/mol. The Morgan fingerprint density at radius 2 is 1.63 bits per heavy atom. The molecular formula is C20H22N4O5S. The second-order valence-electron chi connectivity index (χ2n) is 7.60. The van der Waals surface area contributed by atoms with Gasteiger partial charge in [0.05, 0.1) is 27.4 Å². The quantitative estimate of drug-likeness (QED) is 0.697. The summed E-state index contributed by atoms with van der Waals surface area (Å²) in [5, 5.41) is 2.13. The lowest BCUT2D eigenvalue weighted by Gasteiger charge is -2.26. The van der Waals surface area contributed by atoms with Gasteiger partial charge < -0.3 is 10.6 Å². The van der Waals surface area contributed by atoms with Crippen LogP contribution in [0.15, 0.2) is 34.0 Å². The summed E-state index contributed by atoms with van der Waals surface area (Å²) < 4.78 is 25.9. The van der Waals surface area contributed by atoms with Crippen molar-refractivity contribution in [2.45, 2.75) is 30.6 Å². The van der Waals surface area contributed by atoms with Crippen LogP contribution < -0.4 is 21.5 Å². The summed E-state index contributed by atoms with van der Waals surface area (Å²) in [4.78, 5) is 38.9. The van der Waals surface area contributed by atoms with Crippen molar-refractivity contribution in [3.8, 4) is 5.69 Å². The Labute approximate surface area is 173 Å². The number of imide groups is 1. The van der Waals surface area contributed by atoms with Crippen molar-refractivity contribution in [3.63, 3.8) is 0 Å². The molecule has 9 nitrogen and oxygen atoms in total. The molecule has 2 aliphatic heterocycles. The van der Waals surface area contributed by atoms with Gasteiger partial charge in [-0.05, 0) is 31.0 Å². The zero-order valence-electron chi connectivity index (χ0n) is 16.5. The number of benzene rings is 1. The Kier molecular flexibility index (Phi) is 4.89. The molecule has 1 aromatic carbocycles. The molecule has 1 fully saturated rings. The first kappa shape index (κ1) is 20.1. The van der Waals surface area contributed by atoms with E-state index in [-0.39, 0.29) is 21.8 Å². The number of sulfone groups is 1. The van der Waals surface area contributed by atoms with Gasteiger partial charge in [0.25, 0.3) is 17.4 Å². The second-order valence-corrected chi connectivity index (χ2v) is 9.58. The summed E-state index contributed by atoms with van der Waals surface area (Å²) in [6.45, 7) is 1.41. The van der Waals surface area contributed by atoms with Gasteiger partial charge in [-0.25, -0.2) is 8.42 Å². The van der Waals surface area contributed by atoms with E-state index in [0.29, 0.717) is 24.5 Å². The number of rotatable bonds is 3. The maximum atomic E-state index is 12.7. The van der Waals surface area contributed by atoms with E-state index in [0.717, 1.165) is 42.6 Å². The Morgan fingerprint density at radius 1 is 0.967 bits per heavy atom. The molecule has 0 spiro atoms. The predicted molar refractivity (Wildman–Crippen MR) is 112 cm³/mol. The van der Waals surface area contributed by atoms with E-state index in [2.05, 4.69) is 5.32 Å². The molecule has 2 amide bonds. The average Bonchev–Trinajstić information content (AvgIpc) is 2.86. The molecule has 1 aromatic heterocycles. The van der Waals surface area contributed by atoms with Crippen LogP contribution in [0.2, 0.25) is 0 Å². The van der Waals surface area contributed by atoms with Gasteiger partial charge >= 0.3 is 0 Å². The highest BCUT2D eigenvalue weighted by Gasteiger charge is 2.32. The number of anilines is 2. The van der Waals surface area contributed by atoms with Gasteiger partial charge in [0.1, 0.15) is 5.82 Å². The third-order valence-electron chi connectivity index (χ3n) is 5.50. The van der Waals surface area contributed by atoms with Crippen LogP contribution in [0.3, 0.4) is 0 Å². The number of carbonyl (C=O) groups is 2. The van der Waals surface area contributed by atoms with Crippen molar-refractivity contribution in [1.29, 1.82) is 0 Å². The van der Waals surface area contributed by atoms with Gasteiger partial charge in [0.15, 0.2) is 9.84 Å². The number of nitrogens with zero attached hydrogens (tertiary/aromatic N) is 2. The number of amides is 2. The first-order valence-corrected chi connectivity index (χ1v) is 11.6. The molecule has 2 aromatic rings. The fourth-order valence-corrected chi connectivity index (χ4v) is 4.95. The molecule has 158 valence electrons. The summed E-state index contributed by atoms with van der Waals surface area (Å²) >= 11 is 0. The standard InChI is InChI=1S/C20H22N4O5S/c1-30(28,29)15-7-6-12(10-14(15)23-8-4-2-3-5-9-23)24-16(25)11-13-17(18(24)21)20(27)22-19(13)26/h6-7,10-11H,2-5,8-9,21H2,1H3,(H,22,26,27). The van der Waals surface area contributed by atoms with E-state index in [1.165, 1.54) is 12.1 Å². The summed E-state index contributed by atoms with van der Waals surface area (Å²) in [6.07, 6.45) is 5.18. The van der Waals surface area contributed by atoms with Crippen molar-refractivity contribution in [3.05, 3.63) is 45.7 Å². The first-order chi connectivity index (χ1) is 14.2. The highest BCUT2D eigenvalue weighted by atomic mass is 32.2. The number of aromatic nitrogens is 1. The molecule has 3 heterocycles. The number of nitrogen functional groups attached to an aromatic ring is 1. The normalized spacial score (nSPS) is 16.9. The Hall–Kier alpha value is -3.14.